The van der Waals surface area contributed by atoms with Crippen LogP contribution < -0.4 is 10.5 Å². The number of nitrogens with zero attached hydrogens (tertiary/aromatic N) is 1. The number of hydrogen-bond donors (Lipinski definition) is 1. The summed E-state index contributed by atoms with van der Waals surface area (Å²) in [6.07, 6.45) is -1.50. The van der Waals surface area contributed by atoms with E-state index in [0.29, 0.717) is 4.47 Å². The van der Waals surface area contributed by atoms with Gasteiger partial charge in [0.1, 0.15) is 11.9 Å². The molecule has 1 aromatic heterocycles. The van der Waals surface area contributed by atoms with E-state index in [1.807, 2.05) is 0 Å². The Morgan fingerprint density at radius 1 is 1.55 bits per heavy atom. The van der Waals surface area contributed by atoms with Crippen molar-refractivity contribution in [3.63, 3.8) is 0 Å². The molecule has 0 aliphatic carbocycles. The van der Waals surface area contributed by atoms with Gasteiger partial charge in [-0.05, 0) is 47.0 Å². The number of anilines is 1. The zero-order chi connectivity index (χ0) is 19.7. The van der Waals surface area contributed by atoms with Crippen LogP contribution in [-0.2, 0) is 4.74 Å². The molecule has 0 fully saturated rings. The largest absolute Gasteiger partial charge is 0.482 e. The first-order valence-electron chi connectivity index (χ1n) is 7.98. The van der Waals surface area contributed by atoms with Gasteiger partial charge in [-0.15, -0.1) is 0 Å². The molecule has 0 saturated carbocycles. The van der Waals surface area contributed by atoms with E-state index >= 15 is 0 Å². The standard InChI is InChI=1S/C15H14BrFN2O3/c1-8(22-13-5-9(16)7-19-14(13)18)12-6-10(17)3-4-11(12)15(20)21-2/h3-8H,1-2H3,(H2,18,19)/i1D3,8D. The monoisotopic (exact) mass is 372 g/mol. The maximum Gasteiger partial charge on any atom is 0.338 e. The molecule has 0 aliphatic rings. The molecular formula is C15H14BrFN2O3. The van der Waals surface area contributed by atoms with Gasteiger partial charge in [0.25, 0.3) is 0 Å². The number of benzene rings is 1. The molecule has 116 valence electrons. The quantitative estimate of drug-likeness (QED) is 0.831. The molecule has 0 radical (unpaired) electrons. The number of nitrogen functional groups attached to an aromatic ring is 1. The van der Waals surface area contributed by atoms with Crippen LogP contribution in [0.2, 0.25) is 0 Å². The van der Waals surface area contributed by atoms with E-state index in [1.165, 1.54) is 12.3 Å². The second kappa shape index (κ2) is 6.74. The summed E-state index contributed by atoms with van der Waals surface area (Å²) in [5, 5.41) is 0. The normalized spacial score (nSPS) is 16.5. The van der Waals surface area contributed by atoms with E-state index in [2.05, 4.69) is 25.7 Å². The van der Waals surface area contributed by atoms with Crippen LogP contribution in [0.25, 0.3) is 0 Å². The van der Waals surface area contributed by atoms with Crippen LogP contribution in [0.4, 0.5) is 10.2 Å². The molecule has 2 aromatic rings. The molecule has 0 amide bonds. The summed E-state index contributed by atoms with van der Waals surface area (Å²) >= 11 is 3.14. The lowest BCUT2D eigenvalue weighted by Gasteiger charge is -2.18. The Balaban J connectivity index is 2.71. The Bertz CT molecular complexity index is 850. The summed E-state index contributed by atoms with van der Waals surface area (Å²) in [7, 11) is 1.08. The molecule has 0 aliphatic heterocycles. The molecule has 0 spiro atoms. The number of aromatic nitrogens is 1. The van der Waals surface area contributed by atoms with Crippen LogP contribution in [0.1, 0.15) is 34.3 Å². The highest BCUT2D eigenvalue weighted by Crippen LogP contribution is 2.30. The highest BCUT2D eigenvalue weighted by molar-refractivity contribution is 9.10. The van der Waals surface area contributed by atoms with E-state index in [9.17, 15) is 9.18 Å². The maximum atomic E-state index is 13.8. The SMILES string of the molecule is [2H]C([2H])([2H])C([2H])(Oc1cc(Br)cnc1N)c1cc(F)ccc1C(=O)OC. The van der Waals surface area contributed by atoms with Gasteiger partial charge in [-0.25, -0.2) is 14.2 Å². The Morgan fingerprint density at radius 3 is 3.00 bits per heavy atom. The molecule has 5 nitrogen and oxygen atoms in total. The molecule has 1 heterocycles. The number of nitrogens with two attached hydrogens (primary N) is 1. The lowest BCUT2D eigenvalue weighted by molar-refractivity contribution is 0.0595. The van der Waals surface area contributed by atoms with Gasteiger partial charge in [-0.1, -0.05) is 0 Å². The lowest BCUT2D eigenvalue weighted by Crippen LogP contribution is -2.13. The van der Waals surface area contributed by atoms with Gasteiger partial charge in [0.2, 0.25) is 0 Å². The van der Waals surface area contributed by atoms with E-state index in [1.54, 1.807) is 0 Å². The van der Waals surface area contributed by atoms with Crippen molar-refractivity contribution in [2.45, 2.75) is 12.9 Å². The molecule has 2 N–H and O–H groups in total. The van der Waals surface area contributed by atoms with Crippen molar-refractivity contribution in [1.82, 2.24) is 4.98 Å². The maximum absolute atomic E-state index is 13.8. The predicted octanol–water partition coefficient (Wildman–Crippen LogP) is 3.49. The van der Waals surface area contributed by atoms with E-state index < -0.39 is 30.3 Å². The first-order valence-corrected chi connectivity index (χ1v) is 6.77. The van der Waals surface area contributed by atoms with Gasteiger partial charge in [-0.2, -0.15) is 0 Å². The fourth-order valence-electron chi connectivity index (χ4n) is 1.67. The number of esters is 1. The van der Waals surface area contributed by atoms with E-state index in [0.717, 1.165) is 25.3 Å². The highest BCUT2D eigenvalue weighted by atomic mass is 79.9. The smallest absolute Gasteiger partial charge is 0.338 e. The predicted molar refractivity (Wildman–Crippen MR) is 83.1 cm³/mol. The minimum atomic E-state index is -3.11. The fourth-order valence-corrected chi connectivity index (χ4v) is 1.98. The van der Waals surface area contributed by atoms with Gasteiger partial charge < -0.3 is 15.2 Å². The number of rotatable bonds is 4. The van der Waals surface area contributed by atoms with Gasteiger partial charge >= 0.3 is 5.97 Å². The van der Waals surface area contributed by atoms with Crippen molar-refractivity contribution in [3.8, 4) is 5.75 Å². The Hall–Kier alpha value is -2.15. The average molecular weight is 373 g/mol. The summed E-state index contributed by atoms with van der Waals surface area (Å²) in [5.74, 6) is -2.18. The second-order valence-electron chi connectivity index (χ2n) is 4.15. The molecule has 22 heavy (non-hydrogen) atoms. The zero-order valence-corrected chi connectivity index (χ0v) is 13.0. The third-order valence-electron chi connectivity index (χ3n) is 2.69. The Labute approximate surface area is 141 Å². The zero-order valence-electron chi connectivity index (χ0n) is 15.4. The Morgan fingerprint density at radius 2 is 2.32 bits per heavy atom. The summed E-state index contributed by atoms with van der Waals surface area (Å²) in [6.45, 7) is -3.11. The summed E-state index contributed by atoms with van der Waals surface area (Å²) < 4.78 is 55.8. The van der Waals surface area contributed by atoms with Crippen LogP contribution in [0.3, 0.4) is 0 Å². The van der Waals surface area contributed by atoms with E-state index in [-0.39, 0.29) is 17.1 Å². The molecule has 0 bridgehead atoms. The average Bonchev–Trinajstić information content (AvgIpc) is 2.56. The highest BCUT2D eigenvalue weighted by Gasteiger charge is 2.20. The minimum absolute atomic E-state index is 0.176. The summed E-state index contributed by atoms with van der Waals surface area (Å²) in [5.41, 5.74) is 4.84. The number of ether oxygens (including phenoxy) is 2. The van der Waals surface area contributed by atoms with Crippen molar-refractivity contribution in [1.29, 1.82) is 0 Å². The van der Waals surface area contributed by atoms with Crippen LogP contribution in [0.15, 0.2) is 34.9 Å². The first-order chi connectivity index (χ1) is 12.0. The van der Waals surface area contributed by atoms with Gasteiger partial charge in [0.15, 0.2) is 11.6 Å². The Kier molecular flexibility index (Phi) is 3.50. The fraction of sp³-hybridized carbons (Fsp3) is 0.200. The molecule has 1 atom stereocenters. The van der Waals surface area contributed by atoms with Crippen LogP contribution in [0, 0.1) is 5.82 Å². The number of hydrogen-bond acceptors (Lipinski definition) is 5. The molecule has 7 heteroatoms. The second-order valence-corrected chi connectivity index (χ2v) is 5.07. The van der Waals surface area contributed by atoms with Crippen molar-refractivity contribution in [2.75, 3.05) is 12.8 Å². The topological polar surface area (TPSA) is 74.4 Å². The number of carbonyl (C=O) groups is 1. The van der Waals surface area contributed by atoms with Gasteiger partial charge in [0.05, 0.1) is 14.0 Å². The van der Waals surface area contributed by atoms with Crippen LogP contribution in [0.5, 0.6) is 5.75 Å². The first kappa shape index (κ1) is 11.4. The van der Waals surface area contributed by atoms with Crippen molar-refractivity contribution < 1.29 is 24.1 Å². The summed E-state index contributed by atoms with van der Waals surface area (Å²) in [6, 6.07) is 4.03. The minimum Gasteiger partial charge on any atom is -0.482 e. The molecular weight excluding hydrogens is 355 g/mol. The number of pyridine rings is 1. The van der Waals surface area contributed by atoms with Crippen LogP contribution >= 0.6 is 15.9 Å². The third kappa shape index (κ3) is 3.54. The molecule has 1 unspecified atom stereocenters. The van der Waals surface area contributed by atoms with Crippen LogP contribution in [-0.4, -0.2) is 18.1 Å². The van der Waals surface area contributed by atoms with Crippen molar-refractivity contribution in [2.24, 2.45) is 0 Å². The molecule has 0 saturated heterocycles. The number of carbonyl (C=O) groups excluding carboxylic acids is 1. The number of halogens is 2. The molecule has 1 aromatic carbocycles. The van der Waals surface area contributed by atoms with Gasteiger partial charge in [0, 0.05) is 20.3 Å². The van der Waals surface area contributed by atoms with Gasteiger partial charge in [-0.3, -0.25) is 0 Å². The van der Waals surface area contributed by atoms with E-state index in [4.69, 9.17) is 16.0 Å². The molecule has 2 rings (SSSR count). The third-order valence-corrected chi connectivity index (χ3v) is 3.13. The number of methoxy groups -OCH3 is 1. The van der Waals surface area contributed by atoms with Crippen molar-refractivity contribution >= 4 is 27.7 Å². The van der Waals surface area contributed by atoms with Crippen molar-refractivity contribution in [3.05, 3.63) is 51.9 Å². The lowest BCUT2D eigenvalue weighted by atomic mass is 10.0. The summed E-state index contributed by atoms with van der Waals surface area (Å²) in [4.78, 5) is 15.8.